The molecule has 1 aromatic carbocycles. The first-order valence-corrected chi connectivity index (χ1v) is 8.70. The summed E-state index contributed by atoms with van der Waals surface area (Å²) in [6.07, 6.45) is 0.812. The van der Waals surface area contributed by atoms with Crippen LogP contribution in [0, 0.1) is 6.92 Å². The quantitative estimate of drug-likeness (QED) is 0.876. The maximum Gasteiger partial charge on any atom is 0.318 e. The van der Waals surface area contributed by atoms with Crippen molar-refractivity contribution < 1.29 is 14.1 Å². The minimum absolute atomic E-state index is 0.0383. The van der Waals surface area contributed by atoms with Crippen LogP contribution in [0.4, 0.5) is 4.79 Å². The number of hydrogen-bond acceptors (Lipinski definition) is 5. The molecule has 0 spiro atoms. The molecular formula is C18H23N5O3. The molecule has 138 valence electrons. The minimum atomic E-state index is -0.407. The standard InChI is InChI=1S/C18H23N5O3/c1-13(17-20-14(2)21-26-17)19-18(25)23-11-10-22(16(24)12-23)9-8-15-6-4-3-5-7-15/h3-7,13H,8-12H2,1-2H3,(H,19,25)/t13-/m1/s1. The van der Waals surface area contributed by atoms with Crippen LogP contribution in [0.25, 0.3) is 0 Å². The van der Waals surface area contributed by atoms with E-state index in [2.05, 4.69) is 27.6 Å². The van der Waals surface area contributed by atoms with Crippen molar-refractivity contribution in [2.24, 2.45) is 0 Å². The van der Waals surface area contributed by atoms with Gasteiger partial charge in [0.05, 0.1) is 0 Å². The van der Waals surface area contributed by atoms with Crippen LogP contribution in [0.3, 0.4) is 0 Å². The van der Waals surface area contributed by atoms with Crippen LogP contribution in [0.1, 0.15) is 30.2 Å². The number of hydrogen-bond donors (Lipinski definition) is 1. The van der Waals surface area contributed by atoms with Crippen molar-refractivity contribution in [3.05, 3.63) is 47.6 Å². The molecular weight excluding hydrogens is 334 g/mol. The predicted octanol–water partition coefficient (Wildman–Crippen LogP) is 1.54. The number of urea groups is 1. The van der Waals surface area contributed by atoms with Gasteiger partial charge >= 0.3 is 6.03 Å². The van der Waals surface area contributed by atoms with Crippen molar-refractivity contribution in [3.8, 4) is 0 Å². The fourth-order valence-corrected chi connectivity index (χ4v) is 2.85. The highest BCUT2D eigenvalue weighted by Gasteiger charge is 2.28. The molecule has 0 radical (unpaired) electrons. The Hall–Kier alpha value is -2.90. The normalized spacial score (nSPS) is 15.8. The third-order valence-corrected chi connectivity index (χ3v) is 4.37. The van der Waals surface area contributed by atoms with Gasteiger partial charge in [0.25, 0.3) is 0 Å². The average Bonchev–Trinajstić information content (AvgIpc) is 3.08. The Bertz CT molecular complexity index is 761. The molecule has 0 aliphatic carbocycles. The maximum atomic E-state index is 12.4. The van der Waals surface area contributed by atoms with E-state index in [1.54, 1.807) is 13.8 Å². The lowest BCUT2D eigenvalue weighted by Crippen LogP contribution is -2.55. The van der Waals surface area contributed by atoms with Gasteiger partial charge in [-0.15, -0.1) is 0 Å². The number of carbonyl (C=O) groups is 2. The lowest BCUT2D eigenvalue weighted by Gasteiger charge is -2.34. The topological polar surface area (TPSA) is 91.6 Å². The smallest absolute Gasteiger partial charge is 0.318 e. The largest absolute Gasteiger partial charge is 0.339 e. The summed E-state index contributed by atoms with van der Waals surface area (Å²) < 4.78 is 5.06. The van der Waals surface area contributed by atoms with Gasteiger partial charge in [0.1, 0.15) is 12.6 Å². The second-order valence-corrected chi connectivity index (χ2v) is 6.39. The van der Waals surface area contributed by atoms with E-state index in [0.29, 0.717) is 31.3 Å². The number of amides is 3. The van der Waals surface area contributed by atoms with Crippen molar-refractivity contribution in [3.63, 3.8) is 0 Å². The Morgan fingerprint density at radius 3 is 2.73 bits per heavy atom. The van der Waals surface area contributed by atoms with Crippen molar-refractivity contribution in [2.45, 2.75) is 26.3 Å². The van der Waals surface area contributed by atoms with Crippen molar-refractivity contribution >= 4 is 11.9 Å². The molecule has 1 atom stereocenters. The molecule has 8 heteroatoms. The number of benzene rings is 1. The average molecular weight is 357 g/mol. The Kier molecular flexibility index (Phi) is 5.50. The van der Waals surface area contributed by atoms with Gasteiger partial charge in [0.2, 0.25) is 11.8 Å². The van der Waals surface area contributed by atoms with Crippen molar-refractivity contribution in [2.75, 3.05) is 26.2 Å². The molecule has 1 fully saturated rings. The number of nitrogens with zero attached hydrogens (tertiary/aromatic N) is 4. The van der Waals surface area contributed by atoms with E-state index in [1.165, 1.54) is 10.5 Å². The summed E-state index contributed by atoms with van der Waals surface area (Å²) in [5.74, 6) is 0.829. The fraction of sp³-hybridized carbons (Fsp3) is 0.444. The zero-order valence-electron chi connectivity index (χ0n) is 15.0. The van der Waals surface area contributed by atoms with Gasteiger partial charge in [-0.1, -0.05) is 35.5 Å². The third-order valence-electron chi connectivity index (χ3n) is 4.37. The van der Waals surface area contributed by atoms with Crippen LogP contribution in [0.15, 0.2) is 34.9 Å². The molecule has 1 aromatic heterocycles. The SMILES string of the molecule is Cc1noc([C@@H](C)NC(=O)N2CCN(CCc3ccccc3)C(=O)C2)n1. The highest BCUT2D eigenvalue weighted by atomic mass is 16.5. The third kappa shape index (κ3) is 4.38. The molecule has 1 aliphatic rings. The first-order valence-electron chi connectivity index (χ1n) is 8.70. The summed E-state index contributed by atoms with van der Waals surface area (Å²) >= 11 is 0. The Morgan fingerprint density at radius 2 is 2.08 bits per heavy atom. The molecule has 0 unspecified atom stereocenters. The highest BCUT2D eigenvalue weighted by Crippen LogP contribution is 2.11. The molecule has 3 amide bonds. The van der Waals surface area contributed by atoms with Crippen molar-refractivity contribution in [1.29, 1.82) is 0 Å². The first-order chi connectivity index (χ1) is 12.5. The number of aromatic nitrogens is 2. The second-order valence-electron chi connectivity index (χ2n) is 6.39. The highest BCUT2D eigenvalue weighted by molar-refractivity contribution is 5.85. The number of piperazine rings is 1. The van der Waals surface area contributed by atoms with E-state index >= 15 is 0 Å². The summed E-state index contributed by atoms with van der Waals surface area (Å²) in [7, 11) is 0. The summed E-state index contributed by atoms with van der Waals surface area (Å²) in [5.41, 5.74) is 1.20. The van der Waals surface area contributed by atoms with Crippen LogP contribution >= 0.6 is 0 Å². The summed E-state index contributed by atoms with van der Waals surface area (Å²) in [5, 5.41) is 6.51. The van der Waals surface area contributed by atoms with Crippen LogP contribution in [0.2, 0.25) is 0 Å². The van der Waals surface area contributed by atoms with Crippen LogP contribution in [-0.2, 0) is 11.2 Å². The van der Waals surface area contributed by atoms with Gasteiger partial charge in [-0.3, -0.25) is 4.79 Å². The van der Waals surface area contributed by atoms with Gasteiger partial charge in [-0.25, -0.2) is 4.79 Å². The van der Waals surface area contributed by atoms with Gasteiger partial charge in [-0.05, 0) is 25.8 Å². The lowest BCUT2D eigenvalue weighted by atomic mass is 10.1. The summed E-state index contributed by atoms with van der Waals surface area (Å²) in [6, 6.07) is 9.35. The zero-order chi connectivity index (χ0) is 18.5. The molecule has 8 nitrogen and oxygen atoms in total. The van der Waals surface area contributed by atoms with Gasteiger partial charge in [0, 0.05) is 19.6 Å². The molecule has 26 heavy (non-hydrogen) atoms. The fourth-order valence-electron chi connectivity index (χ4n) is 2.85. The Balaban J connectivity index is 1.48. The van der Waals surface area contributed by atoms with Crippen LogP contribution < -0.4 is 5.32 Å². The van der Waals surface area contributed by atoms with Gasteiger partial charge in [0.15, 0.2) is 5.82 Å². The monoisotopic (exact) mass is 357 g/mol. The number of aryl methyl sites for hydroxylation is 1. The minimum Gasteiger partial charge on any atom is -0.339 e. The summed E-state index contributed by atoms with van der Waals surface area (Å²) in [6.45, 7) is 5.26. The van der Waals surface area contributed by atoms with E-state index in [9.17, 15) is 9.59 Å². The van der Waals surface area contributed by atoms with E-state index in [0.717, 1.165) is 6.42 Å². The van der Waals surface area contributed by atoms with E-state index in [1.807, 2.05) is 23.1 Å². The van der Waals surface area contributed by atoms with E-state index < -0.39 is 6.04 Å². The predicted molar refractivity (Wildman–Crippen MR) is 94.3 cm³/mol. The zero-order valence-corrected chi connectivity index (χ0v) is 15.0. The Labute approximate surface area is 152 Å². The lowest BCUT2D eigenvalue weighted by molar-refractivity contribution is -0.134. The Morgan fingerprint density at radius 1 is 1.31 bits per heavy atom. The van der Waals surface area contributed by atoms with Crippen LogP contribution in [-0.4, -0.2) is 58.1 Å². The van der Waals surface area contributed by atoms with E-state index in [-0.39, 0.29) is 18.5 Å². The number of nitrogens with one attached hydrogen (secondary N) is 1. The molecule has 1 saturated heterocycles. The van der Waals surface area contributed by atoms with Gasteiger partial charge in [-0.2, -0.15) is 4.98 Å². The molecule has 0 saturated carbocycles. The van der Waals surface area contributed by atoms with Gasteiger partial charge < -0.3 is 19.6 Å². The van der Waals surface area contributed by atoms with E-state index in [4.69, 9.17) is 4.52 Å². The molecule has 3 rings (SSSR count). The molecule has 2 heterocycles. The first kappa shape index (κ1) is 17.9. The molecule has 0 bridgehead atoms. The molecule has 2 aromatic rings. The van der Waals surface area contributed by atoms with Crippen molar-refractivity contribution in [1.82, 2.24) is 25.3 Å². The summed E-state index contributed by atoms with van der Waals surface area (Å²) in [4.78, 5) is 32.2. The number of carbonyl (C=O) groups excluding carboxylic acids is 2. The number of rotatable bonds is 5. The maximum absolute atomic E-state index is 12.4. The molecule has 1 aliphatic heterocycles. The second kappa shape index (κ2) is 7.99. The molecule has 1 N–H and O–H groups in total. The van der Waals surface area contributed by atoms with Crippen LogP contribution in [0.5, 0.6) is 0 Å².